The van der Waals surface area contributed by atoms with Crippen LogP contribution in [0.1, 0.15) is 46.5 Å². The van der Waals surface area contributed by atoms with E-state index in [0.717, 1.165) is 25.7 Å². The number of halogens is 1. The van der Waals surface area contributed by atoms with Gasteiger partial charge in [-0.1, -0.05) is 54.1 Å². The minimum Gasteiger partial charge on any atom is -0.386 e. The first-order valence-corrected chi connectivity index (χ1v) is 7.38. The summed E-state index contributed by atoms with van der Waals surface area (Å²) in [6.45, 7) is 10.8. The molecule has 2 aliphatic carbocycles. The van der Waals surface area contributed by atoms with E-state index in [2.05, 4.69) is 42.4 Å². The third-order valence-electron chi connectivity index (χ3n) is 5.02. The number of hydrogen-bond donors (Lipinski definition) is 1. The average molecular weight is 299 g/mol. The number of hydrogen-bond acceptors (Lipinski definition) is 1. The molecule has 1 fully saturated rings. The second kappa shape index (κ2) is 3.96. The summed E-state index contributed by atoms with van der Waals surface area (Å²) in [5, 5.41) is 10.1. The van der Waals surface area contributed by atoms with Crippen LogP contribution in [0.4, 0.5) is 0 Å². The number of allylic oxidation sites excluding steroid dienone is 2. The van der Waals surface area contributed by atoms with E-state index in [-0.39, 0.29) is 10.8 Å². The van der Waals surface area contributed by atoms with Crippen LogP contribution in [-0.4, -0.2) is 15.5 Å². The second-order valence-electron chi connectivity index (χ2n) is 6.49. The fraction of sp³-hybridized carbons (Fsp3) is 0.733. The van der Waals surface area contributed by atoms with Gasteiger partial charge in [0, 0.05) is 10.2 Å². The van der Waals surface area contributed by atoms with Crippen molar-refractivity contribution in [2.45, 2.75) is 56.9 Å². The highest BCUT2D eigenvalue weighted by Gasteiger charge is 2.53. The molecule has 96 valence electrons. The Morgan fingerprint density at radius 1 is 1.29 bits per heavy atom. The molecular formula is C15H23BrO. The predicted molar refractivity (Wildman–Crippen MR) is 76.3 cm³/mol. The van der Waals surface area contributed by atoms with Gasteiger partial charge in [0.2, 0.25) is 0 Å². The van der Waals surface area contributed by atoms with Crippen LogP contribution in [-0.2, 0) is 0 Å². The van der Waals surface area contributed by atoms with Crippen LogP contribution in [0.2, 0.25) is 0 Å². The zero-order chi connectivity index (χ0) is 12.9. The summed E-state index contributed by atoms with van der Waals surface area (Å²) in [5.74, 6) is 0. The van der Waals surface area contributed by atoms with Gasteiger partial charge in [-0.15, -0.1) is 0 Å². The van der Waals surface area contributed by atoms with Crippen molar-refractivity contribution < 1.29 is 5.11 Å². The minimum atomic E-state index is -0.638. The molecule has 1 saturated carbocycles. The van der Waals surface area contributed by atoms with Crippen molar-refractivity contribution in [2.75, 3.05) is 0 Å². The molecule has 0 aliphatic heterocycles. The van der Waals surface area contributed by atoms with Crippen LogP contribution in [0, 0.1) is 10.8 Å². The van der Waals surface area contributed by atoms with Crippen LogP contribution < -0.4 is 0 Å². The number of rotatable bonds is 0. The molecule has 1 N–H and O–H groups in total. The lowest BCUT2D eigenvalue weighted by molar-refractivity contribution is 0.0391. The van der Waals surface area contributed by atoms with Gasteiger partial charge in [-0.3, -0.25) is 0 Å². The van der Waals surface area contributed by atoms with Crippen molar-refractivity contribution in [1.82, 2.24) is 0 Å². The Balaban J connectivity index is 2.44. The Labute approximate surface area is 113 Å². The van der Waals surface area contributed by atoms with Crippen molar-refractivity contribution in [3.05, 3.63) is 24.3 Å². The highest BCUT2D eigenvalue weighted by molar-refractivity contribution is 9.09. The molecule has 2 rings (SSSR count). The number of aliphatic hydroxyl groups is 1. The molecule has 0 radical (unpaired) electrons. The maximum atomic E-state index is 10.1. The molecule has 2 heteroatoms. The average Bonchev–Trinajstić information content (AvgIpc) is 2.23. The summed E-state index contributed by atoms with van der Waals surface area (Å²) in [6, 6.07) is 0. The van der Waals surface area contributed by atoms with Crippen molar-refractivity contribution >= 4 is 15.9 Å². The van der Waals surface area contributed by atoms with E-state index < -0.39 is 5.60 Å². The highest BCUT2D eigenvalue weighted by atomic mass is 79.9. The molecule has 1 spiro atoms. The lowest BCUT2D eigenvalue weighted by atomic mass is 9.52. The zero-order valence-corrected chi connectivity index (χ0v) is 12.7. The van der Waals surface area contributed by atoms with Crippen molar-refractivity contribution in [3.63, 3.8) is 0 Å². The van der Waals surface area contributed by atoms with E-state index in [4.69, 9.17) is 0 Å². The minimum absolute atomic E-state index is 0.0572. The predicted octanol–water partition coefficient (Wildman–Crippen LogP) is 4.21. The molecule has 0 saturated heterocycles. The Bertz CT molecular complexity index is 367. The molecule has 0 heterocycles. The molecule has 0 aromatic rings. The number of alkyl halides is 1. The molecule has 0 aromatic heterocycles. The lowest BCUT2D eigenvalue weighted by Gasteiger charge is -2.55. The summed E-state index contributed by atoms with van der Waals surface area (Å²) in [5.41, 5.74) is 0.919. The van der Waals surface area contributed by atoms with Crippen molar-refractivity contribution in [3.8, 4) is 0 Å². The second-order valence-corrected chi connectivity index (χ2v) is 7.60. The molecule has 1 nitrogen and oxygen atoms in total. The van der Waals surface area contributed by atoms with Gasteiger partial charge < -0.3 is 5.11 Å². The molecule has 3 atom stereocenters. The third kappa shape index (κ3) is 1.94. The molecular weight excluding hydrogens is 276 g/mol. The van der Waals surface area contributed by atoms with Crippen LogP contribution in [0.25, 0.3) is 0 Å². The van der Waals surface area contributed by atoms with E-state index in [0.29, 0.717) is 4.83 Å². The summed E-state index contributed by atoms with van der Waals surface area (Å²) < 4.78 is 0. The van der Waals surface area contributed by atoms with E-state index in [9.17, 15) is 5.11 Å². The smallest absolute Gasteiger partial charge is 0.0800 e. The first-order valence-electron chi connectivity index (χ1n) is 6.46. The summed E-state index contributed by atoms with van der Waals surface area (Å²) in [7, 11) is 0. The molecule has 17 heavy (non-hydrogen) atoms. The first-order chi connectivity index (χ1) is 7.71. The summed E-state index contributed by atoms with van der Waals surface area (Å²) >= 11 is 3.84. The van der Waals surface area contributed by atoms with Gasteiger partial charge in [0.25, 0.3) is 0 Å². The molecule has 0 amide bonds. The maximum Gasteiger partial charge on any atom is 0.0800 e. The fourth-order valence-corrected chi connectivity index (χ4v) is 4.03. The topological polar surface area (TPSA) is 20.2 Å². The van der Waals surface area contributed by atoms with Gasteiger partial charge in [-0.05, 0) is 38.0 Å². The summed E-state index contributed by atoms with van der Waals surface area (Å²) in [4.78, 5) is 0.521. The molecule has 2 aliphatic rings. The Morgan fingerprint density at radius 3 is 2.47 bits per heavy atom. The maximum absolute atomic E-state index is 10.1. The Morgan fingerprint density at radius 2 is 1.94 bits per heavy atom. The van der Waals surface area contributed by atoms with Gasteiger partial charge in [-0.25, -0.2) is 0 Å². The van der Waals surface area contributed by atoms with E-state index >= 15 is 0 Å². The van der Waals surface area contributed by atoms with Crippen molar-refractivity contribution in [2.24, 2.45) is 10.8 Å². The van der Waals surface area contributed by atoms with E-state index in [1.54, 1.807) is 0 Å². The zero-order valence-electron chi connectivity index (χ0n) is 11.1. The molecule has 0 aromatic carbocycles. The van der Waals surface area contributed by atoms with Gasteiger partial charge in [0.1, 0.15) is 0 Å². The third-order valence-corrected chi connectivity index (χ3v) is 6.62. The largest absolute Gasteiger partial charge is 0.386 e. The monoisotopic (exact) mass is 298 g/mol. The van der Waals surface area contributed by atoms with Gasteiger partial charge in [0.15, 0.2) is 0 Å². The van der Waals surface area contributed by atoms with Crippen LogP contribution in [0.3, 0.4) is 0 Å². The van der Waals surface area contributed by atoms with E-state index in [1.807, 2.05) is 13.0 Å². The van der Waals surface area contributed by atoms with Gasteiger partial charge >= 0.3 is 0 Å². The van der Waals surface area contributed by atoms with Gasteiger partial charge in [0.05, 0.1) is 5.60 Å². The van der Waals surface area contributed by atoms with Crippen molar-refractivity contribution in [1.29, 1.82) is 0 Å². The quantitative estimate of drug-likeness (QED) is 0.524. The first kappa shape index (κ1) is 13.4. The lowest BCUT2D eigenvalue weighted by Crippen LogP contribution is -2.49. The standard InChI is InChI=1S/C15H23BrO/c1-11-5-6-12(16)13(2,3)15(11)9-7-14(4,17)8-10-15/h7,9,12,17H,1,5-6,8,10H2,2-4H3. The normalized spacial score (nSPS) is 45.2. The fourth-order valence-electron chi connectivity index (χ4n) is 3.39. The van der Waals surface area contributed by atoms with Crippen LogP contribution >= 0.6 is 15.9 Å². The Hall–Kier alpha value is -0.0800. The van der Waals surface area contributed by atoms with E-state index in [1.165, 1.54) is 5.57 Å². The molecule has 3 unspecified atom stereocenters. The highest BCUT2D eigenvalue weighted by Crippen LogP contribution is 2.60. The SMILES string of the molecule is C=C1CCC(Br)C(C)(C)C12C=CC(C)(O)CC2. The summed E-state index contributed by atoms with van der Waals surface area (Å²) in [6.07, 6.45) is 8.29. The van der Waals surface area contributed by atoms with Gasteiger partial charge in [-0.2, -0.15) is 0 Å². The van der Waals surface area contributed by atoms with Crippen LogP contribution in [0.5, 0.6) is 0 Å². The molecule has 0 bridgehead atoms. The van der Waals surface area contributed by atoms with Crippen LogP contribution in [0.15, 0.2) is 24.3 Å². The Kier molecular flexibility index (Phi) is 3.11.